The van der Waals surface area contributed by atoms with Gasteiger partial charge in [-0.25, -0.2) is 0 Å². The highest BCUT2D eigenvalue weighted by Gasteiger charge is 2.19. The molecule has 0 aromatic carbocycles. The number of carbonyl (C=O) groups excluding carboxylic acids is 3. The van der Waals surface area contributed by atoms with Gasteiger partial charge in [0.2, 0.25) is 0 Å². The van der Waals surface area contributed by atoms with Crippen LogP contribution in [0.5, 0.6) is 0 Å². The van der Waals surface area contributed by atoms with Crippen molar-refractivity contribution in [2.75, 3.05) is 13.2 Å². The summed E-state index contributed by atoms with van der Waals surface area (Å²) in [4.78, 5) is 38.0. The first-order chi connectivity index (χ1) is 31.0. The topological polar surface area (TPSA) is 78.9 Å². The van der Waals surface area contributed by atoms with Crippen LogP contribution < -0.4 is 0 Å². The Balaban J connectivity index is 4.45. The Morgan fingerprint density at radius 2 is 0.635 bits per heavy atom. The third-order valence-corrected chi connectivity index (χ3v) is 11.0. The molecular weight excluding hydrogens is 781 g/mol. The molecule has 360 valence electrons. The van der Waals surface area contributed by atoms with Gasteiger partial charge in [0.25, 0.3) is 0 Å². The van der Waals surface area contributed by atoms with E-state index in [2.05, 4.69) is 87.6 Å². The van der Waals surface area contributed by atoms with Crippen molar-refractivity contribution in [1.29, 1.82) is 0 Å². The zero-order chi connectivity index (χ0) is 45.8. The summed E-state index contributed by atoms with van der Waals surface area (Å²) in [6.07, 6.45) is 65.6. The first kappa shape index (κ1) is 59.6. The average Bonchev–Trinajstić information content (AvgIpc) is 3.28. The average molecular weight is 877 g/mol. The Morgan fingerprint density at radius 1 is 0.333 bits per heavy atom. The molecule has 1 unspecified atom stereocenters. The van der Waals surface area contributed by atoms with Gasteiger partial charge in [-0.2, -0.15) is 0 Å². The molecule has 0 aromatic rings. The Bertz CT molecular complexity index is 1240. The van der Waals surface area contributed by atoms with Gasteiger partial charge in [0.05, 0.1) is 0 Å². The van der Waals surface area contributed by atoms with Crippen LogP contribution in [0.2, 0.25) is 0 Å². The van der Waals surface area contributed by atoms with Crippen molar-refractivity contribution in [2.45, 2.75) is 245 Å². The Kier molecular flexibility index (Phi) is 48.5. The molecule has 0 aliphatic heterocycles. The molecule has 63 heavy (non-hydrogen) atoms. The lowest BCUT2D eigenvalue weighted by Gasteiger charge is -2.18. The zero-order valence-electron chi connectivity index (χ0n) is 41.1. The number of allylic oxidation sites excluding steroid dienone is 14. The number of carbonyl (C=O) groups is 3. The molecule has 0 N–H and O–H groups in total. The van der Waals surface area contributed by atoms with E-state index in [1.54, 1.807) is 0 Å². The molecule has 0 fully saturated rings. The second-order valence-electron chi connectivity index (χ2n) is 17.2. The van der Waals surface area contributed by atoms with Gasteiger partial charge in [0, 0.05) is 19.3 Å². The molecule has 0 radical (unpaired) electrons. The predicted molar refractivity (Wildman–Crippen MR) is 270 cm³/mol. The predicted octanol–water partition coefficient (Wildman–Crippen LogP) is 17.2. The highest BCUT2D eigenvalue weighted by atomic mass is 16.6. The quantitative estimate of drug-likeness (QED) is 0.0199. The highest BCUT2D eigenvalue weighted by molar-refractivity contribution is 5.71. The molecule has 0 aliphatic carbocycles. The van der Waals surface area contributed by atoms with Crippen LogP contribution in [0, 0.1) is 0 Å². The molecule has 0 bridgehead atoms. The normalized spacial score (nSPS) is 12.7. The van der Waals surface area contributed by atoms with E-state index in [1.807, 2.05) is 18.2 Å². The van der Waals surface area contributed by atoms with Gasteiger partial charge in [-0.3, -0.25) is 14.4 Å². The molecule has 0 aromatic heterocycles. The molecule has 0 saturated heterocycles. The van der Waals surface area contributed by atoms with Gasteiger partial charge in [-0.05, 0) is 89.9 Å². The Labute approximate surface area is 388 Å². The number of ether oxygens (including phenoxy) is 3. The molecular formula is C57H96O6. The standard InChI is InChI=1S/C57H96O6/c1-4-7-10-13-16-19-22-25-27-28-29-31-32-35-38-41-44-47-50-56(59)62-53-54(52-61-55(58)49-46-43-40-37-34-24-21-18-15-12-9-6-3)63-57(60)51-48-45-42-39-36-33-30-26-23-20-17-14-11-8-5-2/h8,11,14,17-18,20-21,23,26-31,54H,4-7,9-10,12-13,15-16,19,22,24-25,32-53H2,1-3H3/b11-8-,17-14-,21-18-,23-20-,28-27-,30-26-,31-29-. The van der Waals surface area contributed by atoms with Crippen LogP contribution in [-0.4, -0.2) is 37.2 Å². The zero-order valence-corrected chi connectivity index (χ0v) is 41.1. The van der Waals surface area contributed by atoms with E-state index in [0.29, 0.717) is 19.3 Å². The van der Waals surface area contributed by atoms with Crippen molar-refractivity contribution in [3.63, 3.8) is 0 Å². The van der Waals surface area contributed by atoms with Crippen molar-refractivity contribution < 1.29 is 28.6 Å². The summed E-state index contributed by atoms with van der Waals surface area (Å²) in [5.41, 5.74) is 0. The lowest BCUT2D eigenvalue weighted by atomic mass is 10.1. The second-order valence-corrected chi connectivity index (χ2v) is 17.2. The minimum atomic E-state index is -0.798. The number of esters is 3. The first-order valence-corrected chi connectivity index (χ1v) is 26.2. The van der Waals surface area contributed by atoms with Crippen LogP contribution in [0.1, 0.15) is 239 Å². The SMILES string of the molecule is CC\C=C/C=C\C=C/C=C\CCCCCCCC(=O)OC(COC(=O)CCCCCCC/C=C\C=C/CCCCCCCCC)COC(=O)CCCCCCC/C=C\CCCCC. The molecule has 1 atom stereocenters. The first-order valence-electron chi connectivity index (χ1n) is 26.2. The van der Waals surface area contributed by atoms with Gasteiger partial charge in [0.1, 0.15) is 13.2 Å². The van der Waals surface area contributed by atoms with Crippen molar-refractivity contribution in [1.82, 2.24) is 0 Å². The summed E-state index contributed by atoms with van der Waals surface area (Å²) < 4.78 is 16.8. The Morgan fingerprint density at radius 3 is 1.06 bits per heavy atom. The van der Waals surface area contributed by atoms with Crippen molar-refractivity contribution in [2.24, 2.45) is 0 Å². The molecule has 6 heteroatoms. The summed E-state index contributed by atoms with van der Waals surface area (Å²) in [6, 6.07) is 0. The largest absolute Gasteiger partial charge is 0.462 e. The maximum absolute atomic E-state index is 12.8. The second kappa shape index (κ2) is 51.2. The van der Waals surface area contributed by atoms with Gasteiger partial charge in [-0.15, -0.1) is 0 Å². The molecule has 0 heterocycles. The van der Waals surface area contributed by atoms with Gasteiger partial charge >= 0.3 is 17.9 Å². The van der Waals surface area contributed by atoms with Gasteiger partial charge < -0.3 is 14.2 Å². The van der Waals surface area contributed by atoms with Crippen molar-refractivity contribution in [3.05, 3.63) is 85.1 Å². The third kappa shape index (κ3) is 49.5. The van der Waals surface area contributed by atoms with Crippen LogP contribution in [0.4, 0.5) is 0 Å². The summed E-state index contributed by atoms with van der Waals surface area (Å²) in [6.45, 7) is 6.43. The third-order valence-electron chi connectivity index (χ3n) is 11.0. The van der Waals surface area contributed by atoms with Crippen molar-refractivity contribution in [3.8, 4) is 0 Å². The van der Waals surface area contributed by atoms with E-state index in [4.69, 9.17) is 14.2 Å². The lowest BCUT2D eigenvalue weighted by Crippen LogP contribution is -2.30. The summed E-state index contributed by atoms with van der Waals surface area (Å²) >= 11 is 0. The highest BCUT2D eigenvalue weighted by Crippen LogP contribution is 2.14. The van der Waals surface area contributed by atoms with Crippen LogP contribution >= 0.6 is 0 Å². The fraction of sp³-hybridized carbons (Fsp3) is 0.702. The smallest absolute Gasteiger partial charge is 0.306 e. The molecule has 6 nitrogen and oxygen atoms in total. The minimum absolute atomic E-state index is 0.0965. The fourth-order valence-corrected chi connectivity index (χ4v) is 7.03. The number of unbranched alkanes of at least 4 members (excludes halogenated alkanes) is 25. The minimum Gasteiger partial charge on any atom is -0.462 e. The Hall–Kier alpha value is -3.41. The molecule has 0 spiro atoms. The summed E-state index contributed by atoms with van der Waals surface area (Å²) in [5.74, 6) is -0.944. The maximum atomic E-state index is 12.8. The van der Waals surface area contributed by atoms with Gasteiger partial charge in [-0.1, -0.05) is 215 Å². The van der Waals surface area contributed by atoms with E-state index in [0.717, 1.165) is 116 Å². The fourth-order valence-electron chi connectivity index (χ4n) is 7.03. The molecule has 0 saturated carbocycles. The van der Waals surface area contributed by atoms with E-state index < -0.39 is 6.10 Å². The van der Waals surface area contributed by atoms with E-state index in [9.17, 15) is 14.4 Å². The van der Waals surface area contributed by atoms with E-state index in [1.165, 1.54) is 83.5 Å². The lowest BCUT2D eigenvalue weighted by molar-refractivity contribution is -0.167. The van der Waals surface area contributed by atoms with Crippen LogP contribution in [-0.2, 0) is 28.6 Å². The van der Waals surface area contributed by atoms with Crippen LogP contribution in [0.25, 0.3) is 0 Å². The van der Waals surface area contributed by atoms with Crippen LogP contribution in [0.15, 0.2) is 85.1 Å². The van der Waals surface area contributed by atoms with Crippen molar-refractivity contribution >= 4 is 17.9 Å². The number of hydrogen-bond donors (Lipinski definition) is 0. The molecule has 0 aliphatic rings. The maximum Gasteiger partial charge on any atom is 0.306 e. The summed E-state index contributed by atoms with van der Waals surface area (Å²) in [7, 11) is 0. The van der Waals surface area contributed by atoms with Crippen LogP contribution in [0.3, 0.4) is 0 Å². The monoisotopic (exact) mass is 877 g/mol. The van der Waals surface area contributed by atoms with E-state index in [-0.39, 0.29) is 31.1 Å². The molecule has 0 rings (SSSR count). The number of rotatable bonds is 46. The van der Waals surface area contributed by atoms with Gasteiger partial charge in [0.15, 0.2) is 6.10 Å². The molecule has 0 amide bonds. The summed E-state index contributed by atoms with van der Waals surface area (Å²) in [5, 5.41) is 0. The number of hydrogen-bond acceptors (Lipinski definition) is 6. The van der Waals surface area contributed by atoms with E-state index >= 15 is 0 Å².